The third kappa shape index (κ3) is 2.43. The van der Waals surface area contributed by atoms with Gasteiger partial charge in [-0.05, 0) is 30.3 Å². The zero-order valence-corrected chi connectivity index (χ0v) is 13.5. The molecule has 102 valence electrons. The maximum absolute atomic E-state index is 6.35. The molecule has 0 unspecified atom stereocenters. The average Bonchev–Trinajstić information content (AvgIpc) is 2.78. The van der Waals surface area contributed by atoms with Gasteiger partial charge >= 0.3 is 0 Å². The number of imidazole rings is 1. The Kier molecular flexibility index (Phi) is 3.96. The highest BCUT2D eigenvalue weighted by Crippen LogP contribution is 2.28. The van der Waals surface area contributed by atoms with Crippen LogP contribution >= 0.6 is 39.1 Å². The number of nitrogens with zero attached hydrogens (tertiary/aromatic N) is 3. The Hall–Kier alpha value is -1.10. The summed E-state index contributed by atoms with van der Waals surface area (Å²) in [6, 6.07) is 9.55. The number of fused-ring (bicyclic) bond motifs is 1. The maximum Gasteiger partial charge on any atom is 0.164 e. The van der Waals surface area contributed by atoms with Crippen LogP contribution in [0.25, 0.3) is 16.9 Å². The smallest absolute Gasteiger partial charge is 0.164 e. The first kappa shape index (κ1) is 13.9. The van der Waals surface area contributed by atoms with Gasteiger partial charge in [-0.15, -0.1) is 11.6 Å². The first-order chi connectivity index (χ1) is 9.70. The van der Waals surface area contributed by atoms with E-state index < -0.39 is 0 Å². The van der Waals surface area contributed by atoms with Gasteiger partial charge in [-0.3, -0.25) is 4.57 Å². The Morgan fingerprint density at radius 3 is 2.85 bits per heavy atom. The van der Waals surface area contributed by atoms with Gasteiger partial charge in [0, 0.05) is 23.0 Å². The van der Waals surface area contributed by atoms with Gasteiger partial charge in [-0.2, -0.15) is 0 Å². The average molecular weight is 371 g/mol. The van der Waals surface area contributed by atoms with E-state index in [2.05, 4.69) is 25.9 Å². The number of aryl methyl sites for hydroxylation is 1. The van der Waals surface area contributed by atoms with Crippen LogP contribution in [0.1, 0.15) is 5.82 Å². The standard InChI is InChI=1S/C14H10BrCl2N3/c15-9-3-4-12(10(17)8-9)20-13(5-6-16)19-11-2-1-7-18-14(11)20/h1-4,7-8H,5-6H2. The number of hydrogen-bond acceptors (Lipinski definition) is 2. The zero-order valence-electron chi connectivity index (χ0n) is 10.4. The van der Waals surface area contributed by atoms with Crippen molar-refractivity contribution >= 4 is 50.3 Å². The Labute approximate surface area is 134 Å². The number of rotatable bonds is 3. The fourth-order valence-electron chi connectivity index (χ4n) is 2.13. The van der Waals surface area contributed by atoms with Gasteiger partial charge in [0.1, 0.15) is 11.3 Å². The number of benzene rings is 1. The fraction of sp³-hybridized carbons (Fsp3) is 0.143. The van der Waals surface area contributed by atoms with Crippen molar-refractivity contribution in [1.29, 1.82) is 0 Å². The van der Waals surface area contributed by atoms with Crippen LogP contribution in [0.4, 0.5) is 0 Å². The van der Waals surface area contributed by atoms with Crippen LogP contribution in [-0.4, -0.2) is 20.4 Å². The van der Waals surface area contributed by atoms with Crippen molar-refractivity contribution < 1.29 is 0 Å². The van der Waals surface area contributed by atoms with Crippen LogP contribution in [0, 0.1) is 0 Å². The van der Waals surface area contributed by atoms with E-state index in [1.54, 1.807) is 6.20 Å². The third-order valence-electron chi connectivity index (χ3n) is 2.95. The molecule has 0 aliphatic carbocycles. The molecular formula is C14H10BrCl2N3. The summed E-state index contributed by atoms with van der Waals surface area (Å²) in [4.78, 5) is 9.00. The van der Waals surface area contributed by atoms with Crippen molar-refractivity contribution in [3.05, 3.63) is 51.8 Å². The minimum absolute atomic E-state index is 0.497. The number of halogens is 3. The highest BCUT2D eigenvalue weighted by Gasteiger charge is 2.15. The summed E-state index contributed by atoms with van der Waals surface area (Å²) < 4.78 is 2.90. The van der Waals surface area contributed by atoms with Gasteiger partial charge in [-0.25, -0.2) is 9.97 Å². The molecule has 20 heavy (non-hydrogen) atoms. The number of pyridine rings is 1. The molecule has 3 aromatic rings. The molecule has 6 heteroatoms. The first-order valence-electron chi connectivity index (χ1n) is 6.04. The molecule has 0 saturated carbocycles. The molecule has 0 radical (unpaired) electrons. The molecule has 0 fully saturated rings. The minimum atomic E-state index is 0.497. The van der Waals surface area contributed by atoms with Crippen LogP contribution in [0.15, 0.2) is 41.0 Å². The Morgan fingerprint density at radius 1 is 1.25 bits per heavy atom. The SMILES string of the molecule is ClCCc1nc2cccnc2n1-c1ccc(Br)cc1Cl. The van der Waals surface area contributed by atoms with E-state index in [0.717, 1.165) is 27.1 Å². The van der Waals surface area contributed by atoms with Crippen LogP contribution in [0.2, 0.25) is 5.02 Å². The zero-order chi connectivity index (χ0) is 14.1. The lowest BCUT2D eigenvalue weighted by molar-refractivity contribution is 0.905. The van der Waals surface area contributed by atoms with Gasteiger partial charge in [0.15, 0.2) is 5.65 Å². The van der Waals surface area contributed by atoms with Gasteiger partial charge in [0.2, 0.25) is 0 Å². The summed E-state index contributed by atoms with van der Waals surface area (Å²) in [5.41, 5.74) is 2.49. The van der Waals surface area contributed by atoms with Crippen LogP contribution in [0.3, 0.4) is 0 Å². The molecule has 0 spiro atoms. The first-order valence-corrected chi connectivity index (χ1v) is 7.75. The molecule has 0 aliphatic heterocycles. The Bertz CT molecular complexity index is 770. The molecule has 0 N–H and O–H groups in total. The molecule has 3 nitrogen and oxygen atoms in total. The Morgan fingerprint density at radius 2 is 2.10 bits per heavy atom. The summed E-state index contributed by atoms with van der Waals surface area (Å²) in [6.07, 6.45) is 2.40. The van der Waals surface area contributed by atoms with Crippen molar-refractivity contribution in [1.82, 2.24) is 14.5 Å². The van der Waals surface area contributed by atoms with E-state index in [-0.39, 0.29) is 0 Å². The lowest BCUT2D eigenvalue weighted by atomic mass is 10.3. The Balaban J connectivity index is 2.30. The predicted molar refractivity (Wildman–Crippen MR) is 86.0 cm³/mol. The highest BCUT2D eigenvalue weighted by atomic mass is 79.9. The van der Waals surface area contributed by atoms with Crippen LogP contribution in [-0.2, 0) is 6.42 Å². The normalized spacial score (nSPS) is 11.2. The largest absolute Gasteiger partial charge is 0.279 e. The molecule has 0 bridgehead atoms. The second-order valence-electron chi connectivity index (χ2n) is 4.24. The fourth-order valence-corrected chi connectivity index (χ4v) is 3.05. The summed E-state index contributed by atoms with van der Waals surface area (Å²) >= 11 is 15.6. The number of aromatic nitrogens is 3. The van der Waals surface area contributed by atoms with E-state index in [4.69, 9.17) is 23.2 Å². The summed E-state index contributed by atoms with van der Waals surface area (Å²) in [5.74, 6) is 1.36. The van der Waals surface area contributed by atoms with Crippen molar-refractivity contribution in [2.75, 3.05) is 5.88 Å². The van der Waals surface area contributed by atoms with Crippen molar-refractivity contribution in [2.45, 2.75) is 6.42 Å². The van der Waals surface area contributed by atoms with E-state index in [1.165, 1.54) is 0 Å². The molecule has 0 saturated heterocycles. The minimum Gasteiger partial charge on any atom is -0.279 e. The van der Waals surface area contributed by atoms with Crippen LogP contribution < -0.4 is 0 Å². The molecule has 2 heterocycles. The van der Waals surface area contributed by atoms with Crippen molar-refractivity contribution in [3.8, 4) is 5.69 Å². The summed E-state index contributed by atoms with van der Waals surface area (Å²) in [5, 5.41) is 0.639. The predicted octanol–water partition coefficient (Wildman–Crippen LogP) is 4.62. The number of hydrogen-bond donors (Lipinski definition) is 0. The van der Waals surface area contributed by atoms with Crippen LogP contribution in [0.5, 0.6) is 0 Å². The summed E-state index contributed by atoms with van der Waals surface area (Å²) in [7, 11) is 0. The van der Waals surface area contributed by atoms with Gasteiger partial charge in [-0.1, -0.05) is 27.5 Å². The van der Waals surface area contributed by atoms with Gasteiger partial charge in [0.25, 0.3) is 0 Å². The molecular weight excluding hydrogens is 361 g/mol. The van der Waals surface area contributed by atoms with E-state index in [9.17, 15) is 0 Å². The lowest BCUT2D eigenvalue weighted by Gasteiger charge is -2.10. The topological polar surface area (TPSA) is 30.7 Å². The highest BCUT2D eigenvalue weighted by molar-refractivity contribution is 9.10. The van der Waals surface area contributed by atoms with Gasteiger partial charge in [0.05, 0.1) is 10.7 Å². The van der Waals surface area contributed by atoms with Crippen molar-refractivity contribution in [2.24, 2.45) is 0 Å². The number of alkyl halides is 1. The molecule has 0 atom stereocenters. The third-order valence-corrected chi connectivity index (χ3v) is 3.94. The second-order valence-corrected chi connectivity index (χ2v) is 5.95. The van der Waals surface area contributed by atoms with E-state index in [0.29, 0.717) is 17.3 Å². The second kappa shape index (κ2) is 5.72. The maximum atomic E-state index is 6.35. The molecule has 3 rings (SSSR count). The van der Waals surface area contributed by atoms with Crippen molar-refractivity contribution in [3.63, 3.8) is 0 Å². The monoisotopic (exact) mass is 369 g/mol. The lowest BCUT2D eigenvalue weighted by Crippen LogP contribution is -2.03. The van der Waals surface area contributed by atoms with E-state index in [1.807, 2.05) is 34.9 Å². The summed E-state index contributed by atoms with van der Waals surface area (Å²) in [6.45, 7) is 0. The quantitative estimate of drug-likeness (QED) is 0.630. The molecule has 0 aliphatic rings. The van der Waals surface area contributed by atoms with E-state index >= 15 is 0 Å². The molecule has 2 aromatic heterocycles. The molecule has 0 amide bonds. The molecule has 1 aromatic carbocycles. The van der Waals surface area contributed by atoms with Gasteiger partial charge < -0.3 is 0 Å².